The molecule has 1 aromatic heterocycles. The topological polar surface area (TPSA) is 64.2 Å². The summed E-state index contributed by atoms with van der Waals surface area (Å²) in [5, 5.41) is 5.20. The third-order valence-electron chi connectivity index (χ3n) is 5.36. The van der Waals surface area contributed by atoms with Gasteiger partial charge in [0, 0.05) is 18.5 Å². The number of carbonyl (C=O) groups is 1. The summed E-state index contributed by atoms with van der Waals surface area (Å²) in [7, 11) is 1.87. The Bertz CT molecular complexity index is 967. The van der Waals surface area contributed by atoms with Crippen LogP contribution in [0.25, 0.3) is 10.9 Å². The van der Waals surface area contributed by atoms with Crippen LogP contribution in [0.4, 0.5) is 14.9 Å². The SMILES string of the molecule is Cn1ncc2c(N(C(N)=O)[C@H]3CC[C@@H](c4cccc(F)c4)C3)cccc21. The summed E-state index contributed by atoms with van der Waals surface area (Å²) in [6.07, 6.45) is 4.27. The van der Waals surface area contributed by atoms with Gasteiger partial charge in [-0.15, -0.1) is 0 Å². The third-order valence-corrected chi connectivity index (χ3v) is 5.36. The highest BCUT2D eigenvalue weighted by atomic mass is 19.1. The number of aromatic nitrogens is 2. The summed E-state index contributed by atoms with van der Waals surface area (Å²) in [6.45, 7) is 0. The molecule has 0 radical (unpaired) electrons. The number of anilines is 1. The monoisotopic (exact) mass is 352 g/mol. The molecular formula is C20H21FN4O. The maximum absolute atomic E-state index is 13.6. The van der Waals surface area contributed by atoms with Crippen LogP contribution in [0, 0.1) is 5.82 Å². The summed E-state index contributed by atoms with van der Waals surface area (Å²) in [6, 6.07) is 12.0. The van der Waals surface area contributed by atoms with Crippen molar-refractivity contribution in [3.05, 3.63) is 60.0 Å². The van der Waals surface area contributed by atoms with E-state index in [0.717, 1.165) is 41.4 Å². The van der Waals surface area contributed by atoms with E-state index in [9.17, 15) is 9.18 Å². The van der Waals surface area contributed by atoms with Gasteiger partial charge in [0.2, 0.25) is 0 Å². The third kappa shape index (κ3) is 2.81. The number of nitrogens with zero attached hydrogens (tertiary/aromatic N) is 3. The van der Waals surface area contributed by atoms with Crippen molar-refractivity contribution in [1.82, 2.24) is 9.78 Å². The molecule has 0 aliphatic heterocycles. The van der Waals surface area contributed by atoms with E-state index in [2.05, 4.69) is 5.10 Å². The van der Waals surface area contributed by atoms with E-state index in [1.54, 1.807) is 27.9 Å². The fraction of sp³-hybridized carbons (Fsp3) is 0.300. The van der Waals surface area contributed by atoms with Crippen LogP contribution in [0.2, 0.25) is 0 Å². The predicted molar refractivity (Wildman–Crippen MR) is 99.6 cm³/mol. The quantitative estimate of drug-likeness (QED) is 0.776. The summed E-state index contributed by atoms with van der Waals surface area (Å²) in [4.78, 5) is 14.0. The zero-order valence-electron chi connectivity index (χ0n) is 14.6. The molecule has 1 heterocycles. The van der Waals surface area contributed by atoms with E-state index in [1.807, 2.05) is 31.3 Å². The number of halogens is 1. The Morgan fingerprint density at radius 2 is 2.08 bits per heavy atom. The second-order valence-electron chi connectivity index (χ2n) is 6.91. The van der Waals surface area contributed by atoms with Crippen LogP contribution >= 0.6 is 0 Å². The molecular weight excluding hydrogens is 331 g/mol. The first-order valence-corrected chi connectivity index (χ1v) is 8.79. The summed E-state index contributed by atoms with van der Waals surface area (Å²) in [5.74, 6) is 0.00323. The lowest BCUT2D eigenvalue weighted by molar-refractivity contribution is 0.251. The van der Waals surface area contributed by atoms with E-state index < -0.39 is 6.03 Å². The van der Waals surface area contributed by atoms with Crippen LogP contribution in [0.5, 0.6) is 0 Å². The van der Waals surface area contributed by atoms with Crippen molar-refractivity contribution < 1.29 is 9.18 Å². The molecule has 2 atom stereocenters. The fourth-order valence-electron chi connectivity index (χ4n) is 4.12. The fourth-order valence-corrected chi connectivity index (χ4v) is 4.12. The molecule has 1 aliphatic rings. The van der Waals surface area contributed by atoms with Crippen molar-refractivity contribution in [3.63, 3.8) is 0 Å². The number of urea groups is 1. The molecule has 134 valence electrons. The summed E-state index contributed by atoms with van der Waals surface area (Å²) < 4.78 is 15.3. The maximum atomic E-state index is 13.6. The second kappa shape index (κ2) is 6.44. The Morgan fingerprint density at radius 3 is 2.85 bits per heavy atom. The molecule has 6 heteroatoms. The van der Waals surface area contributed by atoms with Crippen molar-refractivity contribution in [3.8, 4) is 0 Å². The number of amides is 2. The lowest BCUT2D eigenvalue weighted by atomic mass is 9.97. The van der Waals surface area contributed by atoms with Crippen LogP contribution in [0.3, 0.4) is 0 Å². The van der Waals surface area contributed by atoms with E-state index in [-0.39, 0.29) is 17.8 Å². The first kappa shape index (κ1) is 16.6. The van der Waals surface area contributed by atoms with Crippen LogP contribution in [0.15, 0.2) is 48.7 Å². The Kier molecular flexibility index (Phi) is 4.11. The number of rotatable bonds is 3. The zero-order chi connectivity index (χ0) is 18.3. The van der Waals surface area contributed by atoms with Gasteiger partial charge in [0.15, 0.2) is 0 Å². The highest BCUT2D eigenvalue weighted by molar-refractivity contribution is 6.02. The Hall–Kier alpha value is -2.89. The van der Waals surface area contributed by atoms with Crippen molar-refractivity contribution in [2.75, 3.05) is 4.90 Å². The number of nitrogens with two attached hydrogens (primary N) is 1. The molecule has 1 fully saturated rings. The number of carbonyl (C=O) groups excluding carboxylic acids is 1. The number of primary amides is 1. The Labute approximate surface area is 151 Å². The molecule has 3 aromatic rings. The average Bonchev–Trinajstić information content (AvgIpc) is 3.23. The van der Waals surface area contributed by atoms with Crippen LogP contribution in [-0.2, 0) is 7.05 Å². The Morgan fingerprint density at radius 1 is 1.27 bits per heavy atom. The van der Waals surface area contributed by atoms with E-state index in [0.29, 0.717) is 0 Å². The molecule has 0 spiro atoms. The minimum Gasteiger partial charge on any atom is -0.351 e. The van der Waals surface area contributed by atoms with Gasteiger partial charge in [0.1, 0.15) is 5.82 Å². The van der Waals surface area contributed by atoms with Gasteiger partial charge in [0.05, 0.1) is 17.4 Å². The molecule has 2 amide bonds. The van der Waals surface area contributed by atoms with Crippen LogP contribution < -0.4 is 10.6 Å². The van der Waals surface area contributed by atoms with E-state index >= 15 is 0 Å². The highest BCUT2D eigenvalue weighted by Crippen LogP contribution is 2.40. The second-order valence-corrected chi connectivity index (χ2v) is 6.91. The number of fused-ring (bicyclic) bond motifs is 1. The molecule has 0 bridgehead atoms. The lowest BCUT2D eigenvalue weighted by Crippen LogP contribution is -2.42. The number of aryl methyl sites for hydroxylation is 1. The molecule has 0 saturated heterocycles. The van der Waals surface area contributed by atoms with Gasteiger partial charge >= 0.3 is 6.03 Å². The van der Waals surface area contributed by atoms with Crippen molar-refractivity contribution in [1.29, 1.82) is 0 Å². The predicted octanol–water partition coefficient (Wildman–Crippen LogP) is 3.93. The van der Waals surface area contributed by atoms with Gasteiger partial charge < -0.3 is 5.73 Å². The zero-order valence-corrected chi connectivity index (χ0v) is 14.6. The van der Waals surface area contributed by atoms with Gasteiger partial charge in [-0.1, -0.05) is 18.2 Å². The molecule has 2 N–H and O–H groups in total. The molecule has 0 unspecified atom stereocenters. The minimum absolute atomic E-state index is 0.00780. The van der Waals surface area contributed by atoms with Gasteiger partial charge in [-0.2, -0.15) is 5.10 Å². The smallest absolute Gasteiger partial charge is 0.319 e. The van der Waals surface area contributed by atoms with E-state index in [1.165, 1.54) is 6.07 Å². The first-order valence-electron chi connectivity index (χ1n) is 8.79. The maximum Gasteiger partial charge on any atom is 0.319 e. The summed E-state index contributed by atoms with van der Waals surface area (Å²) >= 11 is 0. The van der Waals surface area contributed by atoms with Gasteiger partial charge in [0.25, 0.3) is 0 Å². The molecule has 5 nitrogen and oxygen atoms in total. The molecule has 1 aliphatic carbocycles. The van der Waals surface area contributed by atoms with Gasteiger partial charge in [-0.25, -0.2) is 9.18 Å². The number of hydrogen-bond acceptors (Lipinski definition) is 2. The first-order chi connectivity index (χ1) is 12.5. The van der Waals surface area contributed by atoms with Crippen LogP contribution in [0.1, 0.15) is 30.7 Å². The standard InChI is InChI=1S/C20H21FN4O/c1-24-18-6-3-7-19(17(18)12-23-24)25(20(22)26)16-9-8-14(11-16)13-4-2-5-15(21)10-13/h2-7,10,12,14,16H,8-9,11H2,1H3,(H2,22,26)/t14-,16+/m1/s1. The normalized spacial score (nSPS) is 19.8. The average molecular weight is 352 g/mol. The van der Waals surface area contributed by atoms with Crippen LogP contribution in [-0.4, -0.2) is 21.9 Å². The largest absolute Gasteiger partial charge is 0.351 e. The molecule has 1 saturated carbocycles. The minimum atomic E-state index is -0.466. The van der Waals surface area contributed by atoms with Crippen molar-refractivity contribution >= 4 is 22.6 Å². The molecule has 26 heavy (non-hydrogen) atoms. The van der Waals surface area contributed by atoms with E-state index in [4.69, 9.17) is 5.73 Å². The van der Waals surface area contributed by atoms with Crippen molar-refractivity contribution in [2.45, 2.75) is 31.2 Å². The van der Waals surface area contributed by atoms with Crippen molar-refractivity contribution in [2.24, 2.45) is 12.8 Å². The molecule has 4 rings (SSSR count). The van der Waals surface area contributed by atoms with Gasteiger partial charge in [-0.05, 0) is 55.0 Å². The summed E-state index contributed by atoms with van der Waals surface area (Å²) in [5.41, 5.74) is 8.47. The number of benzene rings is 2. The highest BCUT2D eigenvalue weighted by Gasteiger charge is 2.33. The molecule has 2 aromatic carbocycles. The Balaban J connectivity index is 1.66. The van der Waals surface area contributed by atoms with Gasteiger partial charge in [-0.3, -0.25) is 9.58 Å². The number of hydrogen-bond donors (Lipinski definition) is 1. The lowest BCUT2D eigenvalue weighted by Gasteiger charge is -2.28.